The van der Waals surface area contributed by atoms with Crippen LogP contribution in [0, 0.1) is 6.57 Å². The van der Waals surface area contributed by atoms with Crippen LogP contribution in [0.4, 0.5) is 0 Å². The van der Waals surface area contributed by atoms with Crippen molar-refractivity contribution < 1.29 is 9.53 Å². The third-order valence-corrected chi connectivity index (χ3v) is 2.14. The van der Waals surface area contributed by atoms with E-state index in [1.54, 1.807) is 0 Å². The van der Waals surface area contributed by atoms with Crippen LogP contribution in [0.25, 0.3) is 4.85 Å². The summed E-state index contributed by atoms with van der Waals surface area (Å²) in [6.45, 7) is 13.9. The molecule has 0 aliphatic heterocycles. The summed E-state index contributed by atoms with van der Waals surface area (Å²) in [5, 5.41) is 0. The first-order valence-corrected chi connectivity index (χ1v) is 5.39. The third-order valence-electron chi connectivity index (χ3n) is 2.14. The van der Waals surface area contributed by atoms with Crippen LogP contribution in [-0.2, 0) is 9.53 Å². The molecule has 0 fully saturated rings. The summed E-state index contributed by atoms with van der Waals surface area (Å²) < 4.78 is 5.03. The normalized spacial score (nSPS) is 11.5. The summed E-state index contributed by atoms with van der Waals surface area (Å²) >= 11 is 0. The summed E-state index contributed by atoms with van der Waals surface area (Å²) in [6.07, 6.45) is 5.39. The highest BCUT2D eigenvalue weighted by Gasteiger charge is 2.12. The first-order valence-electron chi connectivity index (χ1n) is 5.39. The van der Waals surface area contributed by atoms with Gasteiger partial charge in [0, 0.05) is 0 Å². The maximum atomic E-state index is 11.1. The van der Waals surface area contributed by atoms with Crippen molar-refractivity contribution in [2.24, 2.45) is 0 Å². The maximum absolute atomic E-state index is 11.1. The fraction of sp³-hybridized carbons (Fsp3) is 0.667. The van der Waals surface area contributed by atoms with E-state index in [4.69, 9.17) is 11.3 Å². The van der Waals surface area contributed by atoms with Crippen molar-refractivity contribution in [3.05, 3.63) is 23.7 Å². The second kappa shape index (κ2) is 8.05. The lowest BCUT2D eigenvalue weighted by atomic mass is 10.1. The van der Waals surface area contributed by atoms with Gasteiger partial charge in [0.1, 0.15) is 0 Å². The van der Waals surface area contributed by atoms with E-state index in [0.717, 1.165) is 12.8 Å². The number of nitrogens with zero attached hydrogens (tertiary/aromatic N) is 1. The molecular formula is C12H19NO2. The highest BCUT2D eigenvalue weighted by Crippen LogP contribution is 2.09. The van der Waals surface area contributed by atoms with Gasteiger partial charge in [0.25, 0.3) is 5.70 Å². The molecule has 3 heteroatoms. The minimum atomic E-state index is -0.590. The average molecular weight is 209 g/mol. The molecule has 0 aliphatic rings. The van der Waals surface area contributed by atoms with E-state index in [9.17, 15) is 4.79 Å². The van der Waals surface area contributed by atoms with Gasteiger partial charge in [-0.1, -0.05) is 32.8 Å². The quantitative estimate of drug-likeness (QED) is 0.279. The standard InChI is InChI=1S/C12H19NO2/c1-5-6-7-8-9-10(2)15-12(14)11(3)13-4/h10H,3,5-9H2,1-2H3. The van der Waals surface area contributed by atoms with Gasteiger partial charge in [0.2, 0.25) is 0 Å². The smallest absolute Gasteiger partial charge is 0.335 e. The lowest BCUT2D eigenvalue weighted by molar-refractivity contribution is -0.143. The molecule has 84 valence electrons. The molecule has 15 heavy (non-hydrogen) atoms. The molecule has 0 saturated heterocycles. The lowest BCUT2D eigenvalue weighted by Gasteiger charge is -2.12. The van der Waals surface area contributed by atoms with Crippen LogP contribution < -0.4 is 0 Å². The van der Waals surface area contributed by atoms with Crippen molar-refractivity contribution in [3.8, 4) is 0 Å². The zero-order valence-electron chi connectivity index (χ0n) is 9.58. The zero-order valence-corrected chi connectivity index (χ0v) is 9.58. The van der Waals surface area contributed by atoms with Crippen LogP contribution >= 0.6 is 0 Å². The summed E-state index contributed by atoms with van der Waals surface area (Å²) in [5.74, 6) is -0.590. The minimum Gasteiger partial charge on any atom is -0.468 e. The minimum absolute atomic E-state index is 0.118. The Bertz CT molecular complexity index is 253. The van der Waals surface area contributed by atoms with Crippen LogP contribution in [0.2, 0.25) is 0 Å². The van der Waals surface area contributed by atoms with E-state index >= 15 is 0 Å². The number of carbonyl (C=O) groups excluding carboxylic acids is 1. The Morgan fingerprint density at radius 3 is 2.67 bits per heavy atom. The van der Waals surface area contributed by atoms with Crippen LogP contribution in [-0.4, -0.2) is 12.1 Å². The highest BCUT2D eigenvalue weighted by molar-refractivity contribution is 5.89. The molecule has 0 spiro atoms. The van der Waals surface area contributed by atoms with Crippen molar-refractivity contribution in [1.29, 1.82) is 0 Å². The molecule has 0 aliphatic carbocycles. The highest BCUT2D eigenvalue weighted by atomic mass is 16.5. The largest absolute Gasteiger partial charge is 0.468 e. The van der Waals surface area contributed by atoms with Crippen molar-refractivity contribution in [1.82, 2.24) is 0 Å². The third kappa shape index (κ3) is 6.73. The number of unbranched alkanes of at least 4 members (excludes halogenated alkanes) is 3. The van der Waals surface area contributed by atoms with Gasteiger partial charge < -0.3 is 4.74 Å². The van der Waals surface area contributed by atoms with Crippen molar-refractivity contribution >= 4 is 5.97 Å². The Hall–Kier alpha value is -1.30. The molecule has 0 saturated carbocycles. The summed E-state index contributed by atoms with van der Waals surface area (Å²) in [5.41, 5.74) is -0.143. The molecule has 0 rings (SSSR count). The molecule has 0 N–H and O–H groups in total. The number of esters is 1. The number of hydrogen-bond acceptors (Lipinski definition) is 2. The second-order valence-corrected chi connectivity index (χ2v) is 3.62. The Morgan fingerprint density at radius 2 is 2.13 bits per heavy atom. The molecule has 0 aromatic rings. The van der Waals surface area contributed by atoms with E-state index in [2.05, 4.69) is 18.3 Å². The Labute approximate surface area is 91.9 Å². The molecule has 0 heterocycles. The summed E-state index contributed by atoms with van der Waals surface area (Å²) in [4.78, 5) is 14.1. The van der Waals surface area contributed by atoms with Gasteiger partial charge >= 0.3 is 5.97 Å². The number of ether oxygens (including phenoxy) is 1. The van der Waals surface area contributed by atoms with Gasteiger partial charge in [-0.3, -0.25) is 4.79 Å². The zero-order chi connectivity index (χ0) is 11.7. The van der Waals surface area contributed by atoms with Crippen molar-refractivity contribution in [2.75, 3.05) is 0 Å². The average Bonchev–Trinajstić information content (AvgIpc) is 2.23. The summed E-state index contributed by atoms with van der Waals surface area (Å²) in [7, 11) is 0. The van der Waals surface area contributed by atoms with Gasteiger partial charge in [0.05, 0.1) is 12.7 Å². The Kier molecular flexibility index (Phi) is 7.35. The van der Waals surface area contributed by atoms with E-state index in [1.165, 1.54) is 19.3 Å². The van der Waals surface area contributed by atoms with Crippen molar-refractivity contribution in [2.45, 2.75) is 52.1 Å². The molecule has 0 amide bonds. The van der Waals surface area contributed by atoms with E-state index in [1.807, 2.05) is 6.92 Å². The Morgan fingerprint density at radius 1 is 1.47 bits per heavy atom. The molecule has 1 unspecified atom stereocenters. The van der Waals surface area contributed by atoms with Gasteiger partial charge in [-0.05, 0) is 19.8 Å². The van der Waals surface area contributed by atoms with Crippen LogP contribution in [0.1, 0.15) is 46.0 Å². The molecular weight excluding hydrogens is 190 g/mol. The molecule has 0 bridgehead atoms. The SMILES string of the molecule is [C-]#[N+]C(=C)C(=O)OC(C)CCCCCC. The molecule has 0 radical (unpaired) electrons. The van der Waals surface area contributed by atoms with Gasteiger partial charge in [0.15, 0.2) is 0 Å². The number of carbonyl (C=O) groups is 1. The van der Waals surface area contributed by atoms with Gasteiger partial charge in [-0.15, -0.1) is 0 Å². The number of rotatable bonds is 7. The van der Waals surface area contributed by atoms with Gasteiger partial charge in [-0.2, -0.15) is 0 Å². The number of hydrogen-bond donors (Lipinski definition) is 0. The monoisotopic (exact) mass is 209 g/mol. The van der Waals surface area contributed by atoms with E-state index in [-0.39, 0.29) is 11.8 Å². The van der Waals surface area contributed by atoms with Gasteiger partial charge in [-0.25, -0.2) is 4.85 Å². The molecule has 1 atom stereocenters. The molecule has 0 aromatic carbocycles. The fourth-order valence-corrected chi connectivity index (χ4v) is 1.21. The van der Waals surface area contributed by atoms with E-state index < -0.39 is 5.97 Å². The lowest BCUT2D eigenvalue weighted by Crippen LogP contribution is -2.15. The Balaban J connectivity index is 3.65. The predicted molar refractivity (Wildman–Crippen MR) is 60.1 cm³/mol. The second-order valence-electron chi connectivity index (χ2n) is 3.62. The van der Waals surface area contributed by atoms with Crippen LogP contribution in [0.15, 0.2) is 12.3 Å². The van der Waals surface area contributed by atoms with Crippen LogP contribution in [0.3, 0.4) is 0 Å². The predicted octanol–water partition coefficient (Wildman–Crippen LogP) is 3.32. The first-order chi connectivity index (χ1) is 7.11. The molecule has 3 nitrogen and oxygen atoms in total. The molecule has 0 aromatic heterocycles. The first kappa shape index (κ1) is 13.7. The van der Waals surface area contributed by atoms with Crippen molar-refractivity contribution in [3.63, 3.8) is 0 Å². The van der Waals surface area contributed by atoms with E-state index in [0.29, 0.717) is 0 Å². The topological polar surface area (TPSA) is 30.7 Å². The fourth-order valence-electron chi connectivity index (χ4n) is 1.21. The maximum Gasteiger partial charge on any atom is 0.335 e. The summed E-state index contributed by atoms with van der Waals surface area (Å²) in [6, 6.07) is 0. The van der Waals surface area contributed by atoms with Crippen LogP contribution in [0.5, 0.6) is 0 Å².